The molecule has 0 spiro atoms. The van der Waals surface area contributed by atoms with Gasteiger partial charge in [0.05, 0.1) is 38.2 Å². The maximum Gasteiger partial charge on any atom is 0.263 e. The second kappa shape index (κ2) is 13.4. The smallest absolute Gasteiger partial charge is 0.263 e. The van der Waals surface area contributed by atoms with Crippen LogP contribution in [0.5, 0.6) is 0 Å². The van der Waals surface area contributed by atoms with Gasteiger partial charge in [0.25, 0.3) is 5.91 Å². The number of anilines is 1. The van der Waals surface area contributed by atoms with Crippen molar-refractivity contribution in [1.82, 2.24) is 4.98 Å². The molecule has 2 atom stereocenters. The van der Waals surface area contributed by atoms with Gasteiger partial charge in [-0.05, 0) is 62.1 Å². The molecule has 1 heterocycles. The normalized spacial score (nSPS) is 13.2. The van der Waals surface area contributed by atoms with Gasteiger partial charge in [0, 0.05) is 18.8 Å². The van der Waals surface area contributed by atoms with Crippen LogP contribution in [-0.2, 0) is 9.59 Å². The number of carbonyl (C=O) groups is 2. The van der Waals surface area contributed by atoms with Crippen molar-refractivity contribution in [2.24, 2.45) is 49.4 Å². The van der Waals surface area contributed by atoms with Gasteiger partial charge in [0.15, 0.2) is 11.9 Å². The molecule has 2 amide bonds. The van der Waals surface area contributed by atoms with Gasteiger partial charge in [0.2, 0.25) is 5.91 Å². The molecule has 1 aliphatic carbocycles. The van der Waals surface area contributed by atoms with E-state index in [1.54, 1.807) is 24.3 Å². The topological polar surface area (TPSA) is 252 Å². The summed E-state index contributed by atoms with van der Waals surface area (Å²) in [6.45, 7) is 0.804. The van der Waals surface area contributed by atoms with Gasteiger partial charge in [-0.15, -0.1) is 11.3 Å². The van der Waals surface area contributed by atoms with Crippen LogP contribution in [0.25, 0.3) is 20.8 Å². The number of nitrogens with zero attached hydrogens (tertiary/aromatic N) is 4. The molecule has 0 aromatic heterocycles. The first-order valence-corrected chi connectivity index (χ1v) is 12.8. The molecule has 0 fully saturated rings. The van der Waals surface area contributed by atoms with Gasteiger partial charge in [0.1, 0.15) is 0 Å². The van der Waals surface area contributed by atoms with E-state index in [-0.39, 0.29) is 17.8 Å². The molecule has 0 unspecified atom stereocenters. The molecule has 13 nitrogen and oxygen atoms in total. The maximum atomic E-state index is 12.5. The number of fused-ring (bicyclic) bond motifs is 2. The van der Waals surface area contributed by atoms with E-state index < -0.39 is 18.0 Å². The van der Waals surface area contributed by atoms with Crippen LogP contribution in [0.1, 0.15) is 25.7 Å². The van der Waals surface area contributed by atoms with E-state index in [2.05, 4.69) is 25.3 Å². The molecule has 3 rings (SSSR count). The lowest BCUT2D eigenvalue weighted by atomic mass is 10.1. The summed E-state index contributed by atoms with van der Waals surface area (Å²) in [4.78, 5) is 42.4. The molecule has 2 aliphatic rings. The lowest BCUT2D eigenvalue weighted by Crippen LogP contribution is -2.35. The molecule has 0 radical (unpaired) electrons. The fourth-order valence-corrected chi connectivity index (χ4v) is 4.54. The first-order chi connectivity index (χ1) is 18.1. The minimum atomic E-state index is -0.748. The van der Waals surface area contributed by atoms with Crippen LogP contribution in [0, 0.1) is 0 Å². The van der Waals surface area contributed by atoms with E-state index in [1.807, 2.05) is 12.1 Å². The Morgan fingerprint density at radius 2 is 1.55 bits per heavy atom. The summed E-state index contributed by atoms with van der Waals surface area (Å²) in [5.41, 5.74) is 35.3. The molecule has 0 saturated carbocycles. The lowest BCUT2D eigenvalue weighted by molar-refractivity contribution is -0.119. The molecule has 1 aromatic rings. The Kier molecular flexibility index (Phi) is 10.0. The third-order valence-electron chi connectivity index (χ3n) is 5.46. The van der Waals surface area contributed by atoms with Crippen molar-refractivity contribution in [3.05, 3.63) is 41.8 Å². The van der Waals surface area contributed by atoms with E-state index in [1.165, 1.54) is 11.3 Å². The van der Waals surface area contributed by atoms with Crippen LogP contribution in [0.4, 0.5) is 5.69 Å². The lowest BCUT2D eigenvalue weighted by Gasteiger charge is -2.13. The third kappa shape index (κ3) is 8.47. The fourth-order valence-electron chi connectivity index (χ4n) is 3.50. The van der Waals surface area contributed by atoms with Crippen LogP contribution >= 0.6 is 11.3 Å². The second-order valence-electron chi connectivity index (χ2n) is 8.60. The van der Waals surface area contributed by atoms with E-state index in [0.717, 1.165) is 20.8 Å². The summed E-state index contributed by atoms with van der Waals surface area (Å²) >= 11 is 1.47. The van der Waals surface area contributed by atoms with Gasteiger partial charge in [-0.25, -0.2) is 9.98 Å². The monoisotopic (exact) mass is 539 g/mol. The van der Waals surface area contributed by atoms with Crippen LogP contribution in [0.3, 0.4) is 0 Å². The Bertz CT molecular complexity index is 1380. The van der Waals surface area contributed by atoms with Gasteiger partial charge in [-0.3, -0.25) is 19.6 Å². The van der Waals surface area contributed by atoms with Crippen molar-refractivity contribution in [1.29, 1.82) is 0 Å². The van der Waals surface area contributed by atoms with Crippen molar-refractivity contribution in [2.75, 3.05) is 18.4 Å². The first-order valence-electron chi connectivity index (χ1n) is 12.0. The summed E-state index contributed by atoms with van der Waals surface area (Å²) in [6.07, 6.45) is 2.00. The maximum absolute atomic E-state index is 12.5. The molecule has 13 N–H and O–H groups in total. The summed E-state index contributed by atoms with van der Waals surface area (Å²) in [5.74, 6) is -0.717. The van der Waals surface area contributed by atoms with Crippen molar-refractivity contribution in [3.63, 3.8) is 0 Å². The summed E-state index contributed by atoms with van der Waals surface area (Å²) < 4.78 is 0.844. The Hall–Kier alpha value is -4.14. The number of amides is 2. The Morgan fingerprint density at radius 1 is 0.895 bits per heavy atom. The minimum absolute atomic E-state index is 0.00204. The zero-order chi connectivity index (χ0) is 27.7. The quantitative estimate of drug-likeness (QED) is 0.0718. The van der Waals surface area contributed by atoms with Gasteiger partial charge in [-0.2, -0.15) is 0 Å². The van der Waals surface area contributed by atoms with E-state index in [0.29, 0.717) is 49.8 Å². The van der Waals surface area contributed by atoms with Crippen molar-refractivity contribution < 1.29 is 9.59 Å². The number of hydrogen-bond donors (Lipinski definition) is 7. The number of rotatable bonds is 11. The predicted octanol–water partition coefficient (Wildman–Crippen LogP) is -0.471. The van der Waals surface area contributed by atoms with Crippen LogP contribution < -0.4 is 45.1 Å². The molecule has 0 saturated heterocycles. The highest BCUT2D eigenvalue weighted by Crippen LogP contribution is 2.31. The summed E-state index contributed by atoms with van der Waals surface area (Å²) in [5, 5.41) is 3.32. The average molecular weight is 540 g/mol. The van der Waals surface area contributed by atoms with Gasteiger partial charge >= 0.3 is 0 Å². The SMILES string of the molecule is NC(N)=NCCC[C@H](N)C(=O)N=c1ccc2nc3ccc(NC(=O)[C@@H](N)CCCN=C(N)N)cc3sc-2c1. The fraction of sp³-hybridized carbons (Fsp3) is 0.333. The summed E-state index contributed by atoms with van der Waals surface area (Å²) in [7, 11) is 0. The number of nitrogens with one attached hydrogen (secondary N) is 1. The first kappa shape index (κ1) is 28.4. The highest BCUT2D eigenvalue weighted by molar-refractivity contribution is 7.21. The standard InChI is InChI=1S/C24H33N11O2S/c25-15(3-1-9-31-23(27)28)21(36)33-13-5-7-17-19(11-13)38-20-12-14(6-8-18(20)35-17)34-22(37)16(26)4-2-10-32-24(29)30/h5-8,11-12,15-16H,1-4,9-10,25-26H2,(H,33,36)(H4,27,28,31)(H4,29,30,32)/t15-,16-/m0/s1. The van der Waals surface area contributed by atoms with E-state index >= 15 is 0 Å². The molecule has 1 aromatic carbocycles. The van der Waals surface area contributed by atoms with Crippen molar-refractivity contribution in [3.8, 4) is 10.6 Å². The predicted molar refractivity (Wildman–Crippen MR) is 151 cm³/mol. The highest BCUT2D eigenvalue weighted by Gasteiger charge is 2.15. The molecule has 1 aliphatic heterocycles. The average Bonchev–Trinajstić information content (AvgIpc) is 2.87. The van der Waals surface area contributed by atoms with Gasteiger partial charge < -0.3 is 39.7 Å². The van der Waals surface area contributed by atoms with E-state index in [4.69, 9.17) is 34.4 Å². The number of carbonyl (C=O) groups excluding carboxylic acids is 2. The van der Waals surface area contributed by atoms with Crippen LogP contribution in [-0.4, -0.2) is 53.9 Å². The molecule has 202 valence electrons. The number of nitrogens with two attached hydrogens (primary N) is 6. The Morgan fingerprint density at radius 3 is 2.21 bits per heavy atom. The number of guanidine groups is 2. The second-order valence-corrected chi connectivity index (χ2v) is 9.68. The van der Waals surface area contributed by atoms with Crippen LogP contribution in [0.15, 0.2) is 51.4 Å². The van der Waals surface area contributed by atoms with Gasteiger partial charge in [-0.1, -0.05) is 0 Å². The largest absolute Gasteiger partial charge is 0.370 e. The Balaban J connectivity index is 1.71. The number of aliphatic imine (C=N–C) groups is 2. The zero-order valence-corrected chi connectivity index (χ0v) is 21.7. The minimum Gasteiger partial charge on any atom is -0.370 e. The molecule has 38 heavy (non-hydrogen) atoms. The molecular formula is C24H33N11O2S. The number of benzene rings is 2. The van der Waals surface area contributed by atoms with Crippen molar-refractivity contribution >= 4 is 51.0 Å². The molecule has 0 bridgehead atoms. The Labute approximate surface area is 223 Å². The molecule has 14 heteroatoms. The van der Waals surface area contributed by atoms with E-state index in [9.17, 15) is 9.59 Å². The van der Waals surface area contributed by atoms with Crippen LogP contribution in [0.2, 0.25) is 0 Å². The summed E-state index contributed by atoms with van der Waals surface area (Å²) in [6, 6.07) is 9.30. The van der Waals surface area contributed by atoms with Crippen molar-refractivity contribution in [2.45, 2.75) is 37.8 Å². The highest BCUT2D eigenvalue weighted by atomic mass is 32.1. The number of hydrogen-bond acceptors (Lipinski definition) is 8. The zero-order valence-electron chi connectivity index (χ0n) is 20.8. The number of aromatic nitrogens is 1. The third-order valence-corrected chi connectivity index (χ3v) is 6.55. The molecular weight excluding hydrogens is 506 g/mol.